The van der Waals surface area contributed by atoms with Gasteiger partial charge >= 0.3 is 6.09 Å². The molecule has 0 spiro atoms. The number of aliphatic hydroxyl groups is 1. The molecular formula is C25H41N3O5. The van der Waals surface area contributed by atoms with Crippen LogP contribution in [0.25, 0.3) is 0 Å². The molecule has 0 aliphatic rings. The van der Waals surface area contributed by atoms with Crippen LogP contribution in [0.15, 0.2) is 30.3 Å². The van der Waals surface area contributed by atoms with Crippen molar-refractivity contribution in [3.8, 4) is 0 Å². The summed E-state index contributed by atoms with van der Waals surface area (Å²) in [6.45, 7) is 10.9. The standard InChI is InChI=1S/C25H41N3O5/c1-7-11-18(23(31)28-21(16(2)3)22(26)30)15-20(29)19(14-17-12-9-8-10-13-17)27-24(32)33-25(4,5)6/h8-10,12-13,16,18-21,29H,7,11,14-15H2,1-6H3,(H2,26,30)(H,27,32)(H,28,31)/t18-,19+,20+,21+/m1/s1. The number of carbonyl (C=O) groups excluding carboxylic acids is 3. The van der Waals surface area contributed by atoms with Gasteiger partial charge in [-0.2, -0.15) is 0 Å². The van der Waals surface area contributed by atoms with Gasteiger partial charge in [-0.25, -0.2) is 4.79 Å². The van der Waals surface area contributed by atoms with E-state index in [1.54, 1.807) is 34.6 Å². The van der Waals surface area contributed by atoms with E-state index in [2.05, 4.69) is 10.6 Å². The average Bonchev–Trinajstić information content (AvgIpc) is 2.69. The number of ether oxygens (including phenoxy) is 1. The van der Waals surface area contributed by atoms with Crippen LogP contribution in [0.2, 0.25) is 0 Å². The summed E-state index contributed by atoms with van der Waals surface area (Å²) >= 11 is 0. The molecular weight excluding hydrogens is 422 g/mol. The van der Waals surface area contributed by atoms with E-state index < -0.39 is 41.7 Å². The van der Waals surface area contributed by atoms with E-state index in [-0.39, 0.29) is 18.2 Å². The number of carbonyl (C=O) groups is 3. The molecule has 5 N–H and O–H groups in total. The summed E-state index contributed by atoms with van der Waals surface area (Å²) in [4.78, 5) is 37.1. The predicted octanol–water partition coefficient (Wildman–Crippen LogP) is 2.92. The number of benzene rings is 1. The molecule has 0 saturated heterocycles. The number of aliphatic hydroxyl groups excluding tert-OH is 1. The number of nitrogens with one attached hydrogen (secondary N) is 2. The fourth-order valence-corrected chi connectivity index (χ4v) is 3.61. The van der Waals surface area contributed by atoms with E-state index in [1.807, 2.05) is 37.3 Å². The molecule has 0 aromatic heterocycles. The minimum Gasteiger partial charge on any atom is -0.444 e. The minimum atomic E-state index is -1.01. The molecule has 1 aromatic carbocycles. The molecule has 4 atom stereocenters. The van der Waals surface area contributed by atoms with Crippen LogP contribution < -0.4 is 16.4 Å². The summed E-state index contributed by atoms with van der Waals surface area (Å²) < 4.78 is 5.37. The molecule has 186 valence electrons. The average molecular weight is 464 g/mol. The van der Waals surface area contributed by atoms with E-state index in [0.717, 1.165) is 12.0 Å². The summed E-state index contributed by atoms with van der Waals surface area (Å²) in [5.74, 6) is -1.62. The highest BCUT2D eigenvalue weighted by Gasteiger charge is 2.31. The Morgan fingerprint density at radius 1 is 1.09 bits per heavy atom. The van der Waals surface area contributed by atoms with Gasteiger partial charge < -0.3 is 26.2 Å². The number of rotatable bonds is 12. The maximum Gasteiger partial charge on any atom is 0.407 e. The van der Waals surface area contributed by atoms with Gasteiger partial charge in [0.2, 0.25) is 11.8 Å². The fraction of sp³-hybridized carbons (Fsp3) is 0.640. The highest BCUT2D eigenvalue weighted by Crippen LogP contribution is 2.19. The number of hydrogen-bond donors (Lipinski definition) is 4. The van der Waals surface area contributed by atoms with E-state index >= 15 is 0 Å². The second-order valence-corrected chi connectivity index (χ2v) is 9.86. The Bertz CT molecular complexity index is 761. The molecule has 0 radical (unpaired) electrons. The number of nitrogens with two attached hydrogens (primary N) is 1. The van der Waals surface area contributed by atoms with Crippen LogP contribution in [-0.4, -0.2) is 46.8 Å². The first-order chi connectivity index (χ1) is 15.3. The van der Waals surface area contributed by atoms with Crippen molar-refractivity contribution in [1.82, 2.24) is 10.6 Å². The maximum absolute atomic E-state index is 12.9. The first-order valence-corrected chi connectivity index (χ1v) is 11.6. The first kappa shape index (κ1) is 28.4. The van der Waals surface area contributed by atoms with Crippen LogP contribution in [0.5, 0.6) is 0 Å². The van der Waals surface area contributed by atoms with Crippen molar-refractivity contribution < 1.29 is 24.2 Å². The Morgan fingerprint density at radius 2 is 1.70 bits per heavy atom. The summed E-state index contributed by atoms with van der Waals surface area (Å²) in [5, 5.41) is 16.6. The zero-order chi connectivity index (χ0) is 25.2. The molecule has 0 fully saturated rings. The van der Waals surface area contributed by atoms with Gasteiger partial charge in [-0.05, 0) is 51.5 Å². The molecule has 8 heteroatoms. The highest BCUT2D eigenvalue weighted by molar-refractivity contribution is 5.87. The van der Waals surface area contributed by atoms with E-state index in [9.17, 15) is 19.5 Å². The Balaban J connectivity index is 3.01. The SMILES string of the molecule is CCC[C@H](C[C@H](O)[C@H](Cc1ccccc1)NC(=O)OC(C)(C)C)C(=O)N[C@H](C(N)=O)C(C)C. The molecule has 0 aliphatic heterocycles. The van der Waals surface area contributed by atoms with E-state index in [4.69, 9.17) is 10.5 Å². The van der Waals surface area contributed by atoms with Crippen molar-refractivity contribution >= 4 is 17.9 Å². The molecule has 33 heavy (non-hydrogen) atoms. The third-order valence-electron chi connectivity index (χ3n) is 5.27. The van der Waals surface area contributed by atoms with Gasteiger partial charge in [-0.15, -0.1) is 0 Å². The van der Waals surface area contributed by atoms with Gasteiger partial charge in [0.1, 0.15) is 11.6 Å². The van der Waals surface area contributed by atoms with E-state index in [1.165, 1.54) is 0 Å². The van der Waals surface area contributed by atoms with Gasteiger partial charge in [0.25, 0.3) is 0 Å². The monoisotopic (exact) mass is 463 g/mol. The normalized spacial score (nSPS) is 15.3. The molecule has 1 aromatic rings. The Kier molecular flexibility index (Phi) is 11.4. The van der Waals surface area contributed by atoms with Gasteiger partial charge in [0.05, 0.1) is 12.1 Å². The second-order valence-electron chi connectivity index (χ2n) is 9.86. The van der Waals surface area contributed by atoms with Gasteiger partial charge in [-0.1, -0.05) is 57.5 Å². The van der Waals surface area contributed by atoms with Gasteiger partial charge in [0.15, 0.2) is 0 Å². The number of hydrogen-bond acceptors (Lipinski definition) is 5. The third kappa shape index (κ3) is 10.7. The summed E-state index contributed by atoms with van der Waals surface area (Å²) in [5.41, 5.74) is 5.69. The van der Waals surface area contributed by atoms with Crippen LogP contribution in [0.3, 0.4) is 0 Å². The zero-order valence-electron chi connectivity index (χ0n) is 20.8. The van der Waals surface area contributed by atoms with Crippen molar-refractivity contribution in [1.29, 1.82) is 0 Å². The Labute approximate surface area is 197 Å². The molecule has 0 aliphatic carbocycles. The van der Waals surface area contributed by atoms with Crippen LogP contribution >= 0.6 is 0 Å². The van der Waals surface area contributed by atoms with Crippen molar-refractivity contribution in [3.63, 3.8) is 0 Å². The van der Waals surface area contributed by atoms with Crippen molar-refractivity contribution in [2.24, 2.45) is 17.6 Å². The Morgan fingerprint density at radius 3 is 2.18 bits per heavy atom. The lowest BCUT2D eigenvalue weighted by molar-refractivity contribution is -0.131. The summed E-state index contributed by atoms with van der Waals surface area (Å²) in [6.07, 6.45) is 0.0977. The molecule has 8 nitrogen and oxygen atoms in total. The van der Waals surface area contributed by atoms with Crippen molar-refractivity contribution in [3.05, 3.63) is 35.9 Å². The van der Waals surface area contributed by atoms with Crippen LogP contribution in [0.1, 0.15) is 66.4 Å². The number of primary amides is 1. The smallest absolute Gasteiger partial charge is 0.407 e. The molecule has 0 unspecified atom stereocenters. The van der Waals surface area contributed by atoms with Crippen LogP contribution in [0, 0.1) is 11.8 Å². The lowest BCUT2D eigenvalue weighted by Crippen LogP contribution is -2.51. The largest absolute Gasteiger partial charge is 0.444 e. The van der Waals surface area contributed by atoms with E-state index in [0.29, 0.717) is 12.8 Å². The fourth-order valence-electron chi connectivity index (χ4n) is 3.61. The lowest BCUT2D eigenvalue weighted by Gasteiger charge is -2.29. The molecule has 1 rings (SSSR count). The van der Waals surface area contributed by atoms with Gasteiger partial charge in [-0.3, -0.25) is 9.59 Å². The highest BCUT2D eigenvalue weighted by atomic mass is 16.6. The topological polar surface area (TPSA) is 131 Å². The molecule has 0 saturated carbocycles. The number of amides is 3. The summed E-state index contributed by atoms with van der Waals surface area (Å²) in [6, 6.07) is 8.03. The third-order valence-corrected chi connectivity index (χ3v) is 5.27. The maximum atomic E-state index is 12.9. The molecule has 0 bridgehead atoms. The van der Waals surface area contributed by atoms with Crippen LogP contribution in [0.4, 0.5) is 4.79 Å². The quantitative estimate of drug-likeness (QED) is 0.379. The second kappa shape index (κ2) is 13.2. The first-order valence-electron chi connectivity index (χ1n) is 11.6. The molecule has 0 heterocycles. The minimum absolute atomic E-state index is 0.122. The van der Waals surface area contributed by atoms with Crippen molar-refractivity contribution in [2.75, 3.05) is 0 Å². The van der Waals surface area contributed by atoms with Crippen molar-refractivity contribution in [2.45, 2.75) is 91.0 Å². The Hall–Kier alpha value is -2.61. The predicted molar refractivity (Wildman–Crippen MR) is 128 cm³/mol. The number of alkyl carbamates (subject to hydrolysis) is 1. The zero-order valence-corrected chi connectivity index (χ0v) is 20.8. The van der Waals surface area contributed by atoms with Crippen LogP contribution in [-0.2, 0) is 20.7 Å². The summed E-state index contributed by atoms with van der Waals surface area (Å²) in [7, 11) is 0. The molecule has 3 amide bonds. The van der Waals surface area contributed by atoms with Gasteiger partial charge in [0, 0.05) is 5.92 Å². The lowest BCUT2D eigenvalue weighted by atomic mass is 9.89.